The van der Waals surface area contributed by atoms with Gasteiger partial charge < -0.3 is 24.6 Å². The molecule has 3 unspecified atom stereocenters. The number of methoxy groups -OCH3 is 1. The fraction of sp³-hybridized carbons (Fsp3) is 0.552. The molecular formula is C29H40N2O9S2. The zero-order valence-corrected chi connectivity index (χ0v) is 25.7. The van der Waals surface area contributed by atoms with E-state index in [0.717, 1.165) is 5.56 Å². The molecule has 1 amide bonds. The van der Waals surface area contributed by atoms with Crippen molar-refractivity contribution >= 4 is 26.0 Å². The van der Waals surface area contributed by atoms with Crippen molar-refractivity contribution in [1.82, 2.24) is 9.62 Å². The molecule has 2 aliphatic heterocycles. The Bertz CT molecular complexity index is 1400. The summed E-state index contributed by atoms with van der Waals surface area (Å²) < 4.78 is 70.0. The van der Waals surface area contributed by atoms with Crippen molar-refractivity contribution in [2.75, 3.05) is 39.2 Å². The van der Waals surface area contributed by atoms with E-state index in [4.69, 9.17) is 14.2 Å². The van der Waals surface area contributed by atoms with Crippen LogP contribution >= 0.6 is 0 Å². The smallest absolute Gasteiger partial charge is 0.407 e. The van der Waals surface area contributed by atoms with Crippen LogP contribution in [0.2, 0.25) is 0 Å². The second-order valence-electron chi connectivity index (χ2n) is 11.3. The number of benzene rings is 2. The number of aliphatic hydroxyl groups is 1. The van der Waals surface area contributed by atoms with Gasteiger partial charge in [0.25, 0.3) is 0 Å². The number of carbonyl (C=O) groups excluding carboxylic acids is 1. The monoisotopic (exact) mass is 624 g/mol. The van der Waals surface area contributed by atoms with E-state index in [1.807, 2.05) is 44.2 Å². The molecule has 2 aromatic carbocycles. The number of ether oxygens (including phenoxy) is 3. The molecule has 232 valence electrons. The minimum absolute atomic E-state index is 0.0247. The molecule has 11 nitrogen and oxygen atoms in total. The Labute approximate surface area is 248 Å². The highest BCUT2D eigenvalue weighted by molar-refractivity contribution is 7.92. The zero-order chi connectivity index (χ0) is 30.5. The fourth-order valence-corrected chi connectivity index (χ4v) is 9.46. The van der Waals surface area contributed by atoms with Crippen molar-refractivity contribution in [2.24, 2.45) is 11.8 Å². The molecular weight excluding hydrogens is 584 g/mol. The topological polar surface area (TPSA) is 149 Å². The first-order chi connectivity index (χ1) is 19.9. The van der Waals surface area contributed by atoms with Crippen LogP contribution < -0.4 is 10.1 Å². The summed E-state index contributed by atoms with van der Waals surface area (Å²) in [7, 11) is -5.94. The van der Waals surface area contributed by atoms with Crippen LogP contribution in [0.3, 0.4) is 0 Å². The normalized spacial score (nSPS) is 23.2. The molecule has 2 saturated heterocycles. The van der Waals surface area contributed by atoms with E-state index < -0.39 is 49.5 Å². The number of sulfone groups is 1. The minimum atomic E-state index is -4.01. The Morgan fingerprint density at radius 3 is 2.43 bits per heavy atom. The first kappa shape index (κ1) is 32.2. The maximum Gasteiger partial charge on any atom is 0.407 e. The van der Waals surface area contributed by atoms with Gasteiger partial charge in [-0.15, -0.1) is 0 Å². The second kappa shape index (κ2) is 13.7. The van der Waals surface area contributed by atoms with Crippen LogP contribution in [0.25, 0.3) is 0 Å². The molecule has 2 aromatic rings. The van der Waals surface area contributed by atoms with Crippen LogP contribution in [0.1, 0.15) is 25.8 Å². The molecule has 0 saturated carbocycles. The zero-order valence-electron chi connectivity index (χ0n) is 24.1. The van der Waals surface area contributed by atoms with Gasteiger partial charge in [0.1, 0.15) is 17.1 Å². The maximum atomic E-state index is 13.6. The van der Waals surface area contributed by atoms with E-state index in [0.29, 0.717) is 18.8 Å². The van der Waals surface area contributed by atoms with Crippen molar-refractivity contribution in [3.63, 3.8) is 0 Å². The van der Waals surface area contributed by atoms with Gasteiger partial charge in [-0.25, -0.2) is 21.6 Å². The predicted molar refractivity (Wildman–Crippen MR) is 156 cm³/mol. The third-order valence-corrected chi connectivity index (χ3v) is 11.8. The number of hydrogen-bond acceptors (Lipinski definition) is 9. The lowest BCUT2D eigenvalue weighted by Gasteiger charge is -2.33. The van der Waals surface area contributed by atoms with Crippen LogP contribution in [0, 0.1) is 11.8 Å². The third-order valence-electron chi connectivity index (χ3n) is 7.61. The van der Waals surface area contributed by atoms with Gasteiger partial charge in [0.15, 0.2) is 9.84 Å². The van der Waals surface area contributed by atoms with Crippen molar-refractivity contribution in [1.29, 1.82) is 0 Å². The van der Waals surface area contributed by atoms with Gasteiger partial charge in [-0.2, -0.15) is 4.31 Å². The third kappa shape index (κ3) is 7.81. The van der Waals surface area contributed by atoms with Crippen molar-refractivity contribution in [3.05, 3.63) is 60.2 Å². The summed E-state index contributed by atoms with van der Waals surface area (Å²) in [6, 6.07) is 14.2. The average molecular weight is 625 g/mol. The van der Waals surface area contributed by atoms with Gasteiger partial charge in [0.2, 0.25) is 10.0 Å². The molecule has 5 atom stereocenters. The summed E-state index contributed by atoms with van der Waals surface area (Å²) in [5.74, 6) is 0.245. The fourth-order valence-electron chi connectivity index (χ4n) is 5.54. The number of aliphatic hydroxyl groups excluding tert-OH is 1. The van der Waals surface area contributed by atoms with Gasteiger partial charge in [-0.3, -0.25) is 0 Å². The largest absolute Gasteiger partial charge is 0.497 e. The quantitative estimate of drug-likeness (QED) is 0.363. The number of rotatable bonds is 12. The lowest BCUT2D eigenvalue weighted by molar-refractivity contribution is -0.0387. The SMILES string of the molecule is COc1ccc(S(=O)(=O)N(CC(C)C)C[C@@H](O)[C@H](Cc2ccccc2)NC(=O)OC2COCC3CCS(=O)(=O)C32)cc1. The van der Waals surface area contributed by atoms with E-state index in [2.05, 4.69) is 5.32 Å². The van der Waals surface area contributed by atoms with Crippen LogP contribution in [-0.4, -0.2) is 95.0 Å². The van der Waals surface area contributed by atoms with E-state index >= 15 is 0 Å². The number of nitrogens with one attached hydrogen (secondary N) is 1. The number of sulfonamides is 1. The van der Waals surface area contributed by atoms with Gasteiger partial charge in [-0.1, -0.05) is 44.2 Å². The van der Waals surface area contributed by atoms with Crippen molar-refractivity contribution in [3.8, 4) is 5.75 Å². The Balaban J connectivity index is 1.54. The number of hydrogen-bond donors (Lipinski definition) is 2. The average Bonchev–Trinajstić information content (AvgIpc) is 3.27. The molecule has 0 aliphatic carbocycles. The first-order valence-corrected chi connectivity index (χ1v) is 17.2. The molecule has 0 radical (unpaired) electrons. The second-order valence-corrected chi connectivity index (χ2v) is 15.5. The molecule has 0 bridgehead atoms. The van der Waals surface area contributed by atoms with Gasteiger partial charge in [-0.05, 0) is 48.6 Å². The van der Waals surface area contributed by atoms with Crippen molar-refractivity contribution in [2.45, 2.75) is 55.1 Å². The molecule has 42 heavy (non-hydrogen) atoms. The Morgan fingerprint density at radius 2 is 1.79 bits per heavy atom. The number of amides is 1. The summed E-state index contributed by atoms with van der Waals surface area (Å²) in [5, 5.41) is 13.3. The number of alkyl carbamates (subject to hydrolysis) is 1. The molecule has 2 aliphatic rings. The van der Waals surface area contributed by atoms with E-state index in [-0.39, 0.29) is 48.6 Å². The molecule has 2 N–H and O–H groups in total. The summed E-state index contributed by atoms with van der Waals surface area (Å²) in [6.45, 7) is 3.84. The lowest BCUT2D eigenvalue weighted by Crippen LogP contribution is -2.53. The Kier molecular flexibility index (Phi) is 10.5. The van der Waals surface area contributed by atoms with Crippen LogP contribution in [0.5, 0.6) is 5.75 Å². The number of fused-ring (bicyclic) bond motifs is 1. The van der Waals surface area contributed by atoms with Crippen LogP contribution in [-0.2, 0) is 35.8 Å². The van der Waals surface area contributed by atoms with E-state index in [1.165, 1.54) is 23.5 Å². The van der Waals surface area contributed by atoms with E-state index in [9.17, 15) is 26.7 Å². The first-order valence-electron chi connectivity index (χ1n) is 14.0. The molecule has 0 aromatic heterocycles. The summed E-state index contributed by atoms with van der Waals surface area (Å²) >= 11 is 0. The highest BCUT2D eigenvalue weighted by Gasteiger charge is 2.49. The van der Waals surface area contributed by atoms with Gasteiger partial charge >= 0.3 is 6.09 Å². The minimum Gasteiger partial charge on any atom is -0.497 e. The lowest BCUT2D eigenvalue weighted by atomic mass is 9.97. The molecule has 4 rings (SSSR count). The molecule has 0 spiro atoms. The van der Waals surface area contributed by atoms with Crippen LogP contribution in [0.4, 0.5) is 4.79 Å². The maximum absolute atomic E-state index is 13.6. The highest BCUT2D eigenvalue weighted by Crippen LogP contribution is 2.34. The molecule has 2 heterocycles. The van der Waals surface area contributed by atoms with Gasteiger partial charge in [0.05, 0.1) is 43.1 Å². The summed E-state index contributed by atoms with van der Waals surface area (Å²) in [4.78, 5) is 13.2. The van der Waals surface area contributed by atoms with Gasteiger partial charge in [0, 0.05) is 19.0 Å². The van der Waals surface area contributed by atoms with Crippen molar-refractivity contribution < 1.29 is 40.9 Å². The number of carbonyl (C=O) groups is 1. The molecule has 13 heteroatoms. The number of nitrogens with zero attached hydrogens (tertiary/aromatic N) is 1. The Morgan fingerprint density at radius 1 is 1.10 bits per heavy atom. The Hall–Kier alpha value is -2.71. The summed E-state index contributed by atoms with van der Waals surface area (Å²) in [5.41, 5.74) is 0.801. The van der Waals surface area contributed by atoms with Crippen LogP contribution in [0.15, 0.2) is 59.5 Å². The summed E-state index contributed by atoms with van der Waals surface area (Å²) in [6.07, 6.45) is -2.56. The standard InChI is InChI=1S/C29H40N2O9S2/c1-20(2)16-31(42(36,37)24-11-9-23(38-3)10-12-24)17-26(32)25(15-21-7-5-4-6-8-21)30-29(33)40-27-19-39-18-22-13-14-41(34,35)28(22)27/h4-12,20,22,25-28,32H,13-19H2,1-3H3,(H,30,33)/t22?,25-,26+,27?,28?/m0/s1. The van der Waals surface area contributed by atoms with E-state index in [1.54, 1.807) is 12.1 Å². The predicted octanol–water partition coefficient (Wildman–Crippen LogP) is 2.24. The highest BCUT2D eigenvalue weighted by atomic mass is 32.2. The molecule has 2 fully saturated rings.